The van der Waals surface area contributed by atoms with Crippen LogP contribution < -0.4 is 0 Å². The van der Waals surface area contributed by atoms with Crippen LogP contribution in [0.4, 0.5) is 0 Å². The van der Waals surface area contributed by atoms with E-state index in [1.54, 1.807) is 0 Å². The van der Waals surface area contributed by atoms with E-state index in [1.807, 2.05) is 12.2 Å². The molecular weight excluding hydrogens is 949 g/mol. The summed E-state index contributed by atoms with van der Waals surface area (Å²) in [5, 5.41) is 31.4. The van der Waals surface area contributed by atoms with Crippen LogP contribution in [-0.2, 0) is 42.9 Å². The molecule has 0 saturated carbocycles. The molecule has 6 unspecified atom stereocenters. The van der Waals surface area contributed by atoms with Gasteiger partial charge in [-0.1, -0.05) is 194 Å². The van der Waals surface area contributed by atoms with Gasteiger partial charge in [0, 0.05) is 19.3 Å². The number of esters is 3. The number of aliphatic carboxylic acids is 1. The molecule has 0 radical (unpaired) electrons. The zero-order valence-electron chi connectivity index (χ0n) is 46.5. The number of carboxylic acids is 1. The number of carboxylic acid groups (broad SMARTS) is 1. The fourth-order valence-corrected chi connectivity index (χ4v) is 7.89. The van der Waals surface area contributed by atoms with Crippen LogP contribution in [0.15, 0.2) is 109 Å². The Morgan fingerprint density at radius 3 is 1.39 bits per heavy atom. The van der Waals surface area contributed by atoms with E-state index in [4.69, 9.17) is 23.7 Å². The Morgan fingerprint density at radius 2 is 0.893 bits per heavy atom. The number of hydrogen-bond acceptors (Lipinski definition) is 11. The molecule has 0 aliphatic carbocycles. The molecule has 1 aliphatic rings. The van der Waals surface area contributed by atoms with Gasteiger partial charge in [-0.25, -0.2) is 4.79 Å². The highest BCUT2D eigenvalue weighted by Crippen LogP contribution is 2.26. The monoisotopic (exact) mass is 1050 g/mol. The van der Waals surface area contributed by atoms with Crippen LogP contribution >= 0.6 is 0 Å². The minimum atomic E-state index is -1.92. The van der Waals surface area contributed by atoms with E-state index in [9.17, 15) is 34.5 Å². The van der Waals surface area contributed by atoms with Gasteiger partial charge in [0.2, 0.25) is 0 Å². The van der Waals surface area contributed by atoms with Crippen molar-refractivity contribution in [3.8, 4) is 0 Å². The van der Waals surface area contributed by atoms with E-state index in [0.717, 1.165) is 122 Å². The van der Waals surface area contributed by atoms with E-state index in [-0.39, 0.29) is 25.9 Å². The summed E-state index contributed by atoms with van der Waals surface area (Å²) in [6.45, 7) is 5.68. The lowest BCUT2D eigenvalue weighted by atomic mass is 9.98. The number of carbonyl (C=O) groups is 4. The molecule has 0 aromatic rings. The average Bonchev–Trinajstić information content (AvgIpc) is 3.39. The molecular formula is C63H100O12. The van der Waals surface area contributed by atoms with Gasteiger partial charge in [0.1, 0.15) is 18.8 Å². The van der Waals surface area contributed by atoms with Crippen molar-refractivity contribution in [2.45, 2.75) is 250 Å². The summed E-state index contributed by atoms with van der Waals surface area (Å²) in [7, 11) is 0. The lowest BCUT2D eigenvalue weighted by Crippen LogP contribution is -2.61. The third-order valence-corrected chi connectivity index (χ3v) is 12.3. The summed E-state index contributed by atoms with van der Waals surface area (Å²) in [6.07, 6.45) is 55.1. The largest absolute Gasteiger partial charge is 0.479 e. The number of hydrogen-bond donors (Lipinski definition) is 3. The van der Waals surface area contributed by atoms with Crippen molar-refractivity contribution in [3.05, 3.63) is 109 Å². The van der Waals surface area contributed by atoms with Crippen LogP contribution in [-0.4, -0.2) is 89.2 Å². The third kappa shape index (κ3) is 40.3. The Balaban J connectivity index is 2.74. The molecule has 0 aromatic carbocycles. The Kier molecular flexibility index (Phi) is 45.8. The molecule has 1 aliphatic heterocycles. The highest BCUT2D eigenvalue weighted by atomic mass is 16.7. The van der Waals surface area contributed by atoms with Crippen LogP contribution in [0, 0.1) is 0 Å². The summed E-state index contributed by atoms with van der Waals surface area (Å²) in [5.41, 5.74) is 0. The van der Waals surface area contributed by atoms with E-state index in [2.05, 4.69) is 118 Å². The van der Waals surface area contributed by atoms with E-state index >= 15 is 0 Å². The normalized spacial score (nSPS) is 19.0. The molecule has 75 heavy (non-hydrogen) atoms. The number of aliphatic hydroxyl groups is 2. The Bertz CT molecular complexity index is 1720. The van der Waals surface area contributed by atoms with E-state index in [1.165, 1.54) is 25.7 Å². The van der Waals surface area contributed by atoms with Gasteiger partial charge in [0.05, 0.1) is 6.61 Å². The van der Waals surface area contributed by atoms with Crippen LogP contribution in [0.1, 0.15) is 213 Å². The second-order valence-electron chi connectivity index (χ2n) is 19.2. The van der Waals surface area contributed by atoms with Crippen molar-refractivity contribution < 1.29 is 58.2 Å². The quantitative estimate of drug-likeness (QED) is 0.0228. The maximum atomic E-state index is 13.1. The van der Waals surface area contributed by atoms with Gasteiger partial charge in [-0.15, -0.1) is 0 Å². The molecule has 0 bridgehead atoms. The molecule has 1 saturated heterocycles. The Morgan fingerprint density at radius 1 is 0.453 bits per heavy atom. The van der Waals surface area contributed by atoms with Crippen LogP contribution in [0.5, 0.6) is 0 Å². The van der Waals surface area contributed by atoms with Gasteiger partial charge < -0.3 is 39.0 Å². The maximum absolute atomic E-state index is 13.1. The number of rotatable bonds is 47. The second kappa shape index (κ2) is 50.2. The zero-order chi connectivity index (χ0) is 54.7. The van der Waals surface area contributed by atoms with Crippen molar-refractivity contribution >= 4 is 23.9 Å². The van der Waals surface area contributed by atoms with Crippen LogP contribution in [0.25, 0.3) is 0 Å². The standard InChI is InChI=1S/C63H100O12/c1-4-7-10-13-16-19-22-25-26-27-28-29-30-33-34-37-40-43-46-49-55(64)71-52-54(73-56(65)50-47-44-41-38-35-31-23-20-17-14-11-8-5-2)53-72-63-61(59(68)58(67)60(75-63)62(69)70)74-57(66)51-48-45-42-39-36-32-24-21-18-15-12-9-6-3/h8,11-12,15-17,19-21,24-26,28-29,31,35,41,44,54,58-61,63,67-68H,4-7,9-10,13-14,18,22-23,27,30,32-34,36-40,42-43,45-53H2,1-3H3,(H,69,70)/b11-8-,15-12-,19-16-,20-17-,24-21-,26-25-,29-28-,35-31-,44-41-. The van der Waals surface area contributed by atoms with E-state index < -0.39 is 67.3 Å². The second-order valence-corrected chi connectivity index (χ2v) is 19.2. The number of aliphatic hydroxyl groups excluding tert-OH is 2. The fourth-order valence-electron chi connectivity index (χ4n) is 7.89. The summed E-state index contributed by atoms with van der Waals surface area (Å²) in [4.78, 5) is 51.0. The van der Waals surface area contributed by atoms with Crippen molar-refractivity contribution in [2.24, 2.45) is 0 Å². The number of unbranched alkanes of at least 4 members (excludes halogenated alkanes) is 15. The fraction of sp³-hybridized carbons (Fsp3) is 0.651. The van der Waals surface area contributed by atoms with E-state index in [0.29, 0.717) is 25.7 Å². The number of allylic oxidation sites excluding steroid dienone is 18. The Labute approximate surface area is 453 Å². The summed E-state index contributed by atoms with van der Waals surface area (Å²) < 4.78 is 28.3. The first-order valence-corrected chi connectivity index (χ1v) is 28.9. The molecule has 0 spiro atoms. The summed E-state index contributed by atoms with van der Waals surface area (Å²) in [6, 6.07) is 0. The molecule has 0 amide bonds. The number of carbonyl (C=O) groups excluding carboxylic acids is 3. The molecule has 424 valence electrons. The molecule has 1 heterocycles. The van der Waals surface area contributed by atoms with Gasteiger partial charge >= 0.3 is 23.9 Å². The van der Waals surface area contributed by atoms with Crippen molar-refractivity contribution in [3.63, 3.8) is 0 Å². The SMILES string of the molecule is CC/C=C\C/C=C\C/C=C\C/C=C\CCC(=O)OC(COC(=O)CCCCCCCC/C=C\C/C=C\C/C=C\CCCCC)COC1OC(C(=O)O)C(O)C(O)C1OC(=O)CCCCCCC/C=C\C/C=C\CCC. The van der Waals surface area contributed by atoms with Gasteiger partial charge in [-0.05, 0) is 109 Å². The molecule has 1 fully saturated rings. The summed E-state index contributed by atoms with van der Waals surface area (Å²) >= 11 is 0. The van der Waals surface area contributed by atoms with Crippen molar-refractivity contribution in [1.82, 2.24) is 0 Å². The first kappa shape index (κ1) is 68.4. The minimum absolute atomic E-state index is 0.0295. The molecule has 3 N–H and O–H groups in total. The minimum Gasteiger partial charge on any atom is -0.479 e. The van der Waals surface area contributed by atoms with Gasteiger partial charge in [-0.3, -0.25) is 14.4 Å². The first-order valence-electron chi connectivity index (χ1n) is 28.9. The predicted molar refractivity (Wildman–Crippen MR) is 303 cm³/mol. The molecule has 12 heteroatoms. The topological polar surface area (TPSA) is 175 Å². The van der Waals surface area contributed by atoms with Crippen LogP contribution in [0.3, 0.4) is 0 Å². The third-order valence-electron chi connectivity index (χ3n) is 12.3. The highest BCUT2D eigenvalue weighted by Gasteiger charge is 2.50. The molecule has 12 nitrogen and oxygen atoms in total. The van der Waals surface area contributed by atoms with Crippen molar-refractivity contribution in [1.29, 1.82) is 0 Å². The smallest absolute Gasteiger partial charge is 0.335 e. The Hall–Kier alpha value is -4.62. The lowest BCUT2D eigenvalue weighted by molar-refractivity contribution is -0.301. The van der Waals surface area contributed by atoms with Gasteiger partial charge in [0.15, 0.2) is 24.6 Å². The highest BCUT2D eigenvalue weighted by molar-refractivity contribution is 5.74. The molecule has 1 rings (SSSR count). The molecule has 6 atom stereocenters. The van der Waals surface area contributed by atoms with Crippen molar-refractivity contribution in [2.75, 3.05) is 13.2 Å². The summed E-state index contributed by atoms with van der Waals surface area (Å²) in [5.74, 6) is -3.28. The average molecular weight is 1050 g/mol. The number of ether oxygens (including phenoxy) is 5. The van der Waals surface area contributed by atoms with Gasteiger partial charge in [0.25, 0.3) is 0 Å². The van der Waals surface area contributed by atoms with Crippen LogP contribution in [0.2, 0.25) is 0 Å². The molecule has 0 aromatic heterocycles. The van der Waals surface area contributed by atoms with Gasteiger partial charge in [-0.2, -0.15) is 0 Å². The lowest BCUT2D eigenvalue weighted by Gasteiger charge is -2.40. The maximum Gasteiger partial charge on any atom is 0.335 e. The first-order chi connectivity index (χ1) is 36.6. The zero-order valence-corrected chi connectivity index (χ0v) is 46.5. The predicted octanol–water partition coefficient (Wildman–Crippen LogP) is 14.7.